The molecule has 0 unspecified atom stereocenters. The highest BCUT2D eigenvalue weighted by Gasteiger charge is 2.09. The van der Waals surface area contributed by atoms with Gasteiger partial charge in [-0.25, -0.2) is 4.79 Å². The van der Waals surface area contributed by atoms with Gasteiger partial charge in [-0.15, -0.1) is 0 Å². The number of hydrogen-bond acceptors (Lipinski definition) is 5. The Morgan fingerprint density at radius 1 is 0.974 bits per heavy atom. The predicted molar refractivity (Wildman–Crippen MR) is 149 cm³/mol. The second-order valence-corrected chi connectivity index (χ2v) is 9.17. The number of morpholine rings is 1. The molecule has 6 nitrogen and oxygen atoms in total. The van der Waals surface area contributed by atoms with Gasteiger partial charge >= 0.3 is 5.97 Å². The summed E-state index contributed by atoms with van der Waals surface area (Å²) in [6, 6.07) is 22.1. The number of rotatable bonds is 9. The quantitative estimate of drug-likeness (QED) is 0.410. The van der Waals surface area contributed by atoms with E-state index < -0.39 is 5.97 Å². The molecule has 3 aromatic carbocycles. The van der Waals surface area contributed by atoms with Gasteiger partial charge in [0, 0.05) is 18.7 Å². The molecule has 0 amide bonds. The van der Waals surface area contributed by atoms with E-state index >= 15 is 0 Å². The van der Waals surface area contributed by atoms with Gasteiger partial charge in [-0.05, 0) is 72.5 Å². The van der Waals surface area contributed by atoms with Gasteiger partial charge in [0.05, 0.1) is 19.8 Å². The molecule has 1 fully saturated rings. The van der Waals surface area contributed by atoms with Crippen molar-refractivity contribution < 1.29 is 24.1 Å². The zero-order chi connectivity index (χ0) is 26.7. The van der Waals surface area contributed by atoms with Crippen LogP contribution in [0.15, 0.2) is 72.8 Å². The molecule has 0 aromatic heterocycles. The standard InChI is InChI=1S/C32H33NO5/c1-24-5-9-27(10-6-24)30(15-19-37-29-13-14-31(25(2)22-29)38-23-32(34)35)28-11-7-26(8-12-28)4-3-16-33-17-20-36-21-18-33/h5-15,22H,16-21,23H2,1-2H3,(H,34,35)/b30-15-. The fourth-order valence-corrected chi connectivity index (χ4v) is 4.12. The summed E-state index contributed by atoms with van der Waals surface area (Å²) in [7, 11) is 0. The van der Waals surface area contributed by atoms with Crippen LogP contribution >= 0.6 is 0 Å². The van der Waals surface area contributed by atoms with Crippen molar-refractivity contribution in [2.24, 2.45) is 0 Å². The summed E-state index contributed by atoms with van der Waals surface area (Å²) >= 11 is 0. The van der Waals surface area contributed by atoms with E-state index in [9.17, 15) is 4.79 Å². The highest BCUT2D eigenvalue weighted by molar-refractivity contribution is 5.80. The van der Waals surface area contributed by atoms with E-state index in [1.165, 1.54) is 5.56 Å². The minimum absolute atomic E-state index is 0.373. The highest BCUT2D eigenvalue weighted by Crippen LogP contribution is 2.26. The molecular weight excluding hydrogens is 478 g/mol. The number of ether oxygens (including phenoxy) is 3. The first kappa shape index (κ1) is 27.0. The minimum atomic E-state index is -1.01. The topological polar surface area (TPSA) is 68.2 Å². The first-order chi connectivity index (χ1) is 18.5. The molecule has 1 heterocycles. The van der Waals surface area contributed by atoms with Gasteiger partial charge in [0.1, 0.15) is 18.1 Å². The lowest BCUT2D eigenvalue weighted by atomic mass is 9.96. The van der Waals surface area contributed by atoms with Crippen LogP contribution in [0.5, 0.6) is 11.5 Å². The number of aliphatic carboxylic acids is 1. The van der Waals surface area contributed by atoms with Gasteiger partial charge in [0.2, 0.25) is 0 Å². The Labute approximate surface area is 224 Å². The van der Waals surface area contributed by atoms with Crippen LogP contribution in [0.4, 0.5) is 0 Å². The fourth-order valence-electron chi connectivity index (χ4n) is 4.12. The van der Waals surface area contributed by atoms with Crippen LogP contribution in [0.2, 0.25) is 0 Å². The molecule has 1 aliphatic rings. The number of benzene rings is 3. The summed E-state index contributed by atoms with van der Waals surface area (Å²) in [4.78, 5) is 13.1. The van der Waals surface area contributed by atoms with Crippen molar-refractivity contribution in [3.8, 4) is 23.3 Å². The molecule has 0 bridgehead atoms. The maximum atomic E-state index is 10.8. The van der Waals surface area contributed by atoms with E-state index in [-0.39, 0.29) is 6.61 Å². The molecule has 1 saturated heterocycles. The predicted octanol–water partition coefficient (Wildman–Crippen LogP) is 4.96. The van der Waals surface area contributed by atoms with Crippen molar-refractivity contribution in [1.82, 2.24) is 4.90 Å². The number of carbonyl (C=O) groups is 1. The van der Waals surface area contributed by atoms with E-state index in [1.807, 2.05) is 13.0 Å². The van der Waals surface area contributed by atoms with Crippen molar-refractivity contribution in [1.29, 1.82) is 0 Å². The van der Waals surface area contributed by atoms with Gasteiger partial charge in [-0.3, -0.25) is 4.90 Å². The minimum Gasteiger partial charge on any atom is -0.489 e. The van der Waals surface area contributed by atoms with Crippen LogP contribution in [-0.2, 0) is 9.53 Å². The fraction of sp³-hybridized carbons (Fsp3) is 0.281. The molecule has 1 aliphatic heterocycles. The Morgan fingerprint density at radius 3 is 2.32 bits per heavy atom. The van der Waals surface area contributed by atoms with Crippen LogP contribution in [0.3, 0.4) is 0 Å². The largest absolute Gasteiger partial charge is 0.489 e. The van der Waals surface area contributed by atoms with Crippen LogP contribution in [-0.4, -0.2) is 62.0 Å². The zero-order valence-corrected chi connectivity index (χ0v) is 21.9. The molecule has 6 heteroatoms. The van der Waals surface area contributed by atoms with Crippen molar-refractivity contribution in [2.45, 2.75) is 13.8 Å². The summed E-state index contributed by atoms with van der Waals surface area (Å²) < 4.78 is 16.7. The summed E-state index contributed by atoms with van der Waals surface area (Å²) in [5, 5.41) is 8.83. The average molecular weight is 512 g/mol. The van der Waals surface area contributed by atoms with Crippen LogP contribution in [0, 0.1) is 25.7 Å². The molecule has 1 N–H and O–H groups in total. The van der Waals surface area contributed by atoms with Crippen molar-refractivity contribution in [2.75, 3.05) is 46.1 Å². The van der Waals surface area contributed by atoms with Gasteiger partial charge < -0.3 is 19.3 Å². The van der Waals surface area contributed by atoms with Gasteiger partial charge in [0.15, 0.2) is 6.61 Å². The number of carboxylic acid groups (broad SMARTS) is 1. The first-order valence-electron chi connectivity index (χ1n) is 12.7. The Morgan fingerprint density at radius 2 is 1.66 bits per heavy atom. The van der Waals surface area contributed by atoms with Crippen LogP contribution in [0.25, 0.3) is 5.57 Å². The summed E-state index contributed by atoms with van der Waals surface area (Å²) in [6.45, 7) is 8.12. The van der Waals surface area contributed by atoms with E-state index in [4.69, 9.17) is 19.3 Å². The first-order valence-corrected chi connectivity index (χ1v) is 12.7. The monoisotopic (exact) mass is 511 g/mol. The maximum Gasteiger partial charge on any atom is 0.341 e. The average Bonchev–Trinajstić information content (AvgIpc) is 2.92. The van der Waals surface area contributed by atoms with Crippen LogP contribution < -0.4 is 9.47 Å². The van der Waals surface area contributed by atoms with E-state index in [1.54, 1.807) is 12.1 Å². The smallest absolute Gasteiger partial charge is 0.341 e. The lowest BCUT2D eigenvalue weighted by Crippen LogP contribution is -2.36. The van der Waals surface area contributed by atoms with Crippen LogP contribution in [0.1, 0.15) is 27.8 Å². The summed E-state index contributed by atoms with van der Waals surface area (Å²) in [6.07, 6.45) is 2.08. The Hall–Kier alpha value is -4.05. The third kappa shape index (κ3) is 7.97. The number of nitrogens with zero attached hydrogens (tertiary/aromatic N) is 1. The van der Waals surface area contributed by atoms with Crippen molar-refractivity contribution in [3.05, 3.63) is 101 Å². The second kappa shape index (κ2) is 13.5. The molecule has 0 spiro atoms. The zero-order valence-electron chi connectivity index (χ0n) is 21.9. The molecular formula is C32H33NO5. The lowest BCUT2D eigenvalue weighted by molar-refractivity contribution is -0.139. The normalized spacial score (nSPS) is 13.9. The van der Waals surface area contributed by atoms with Gasteiger partial charge in [-0.2, -0.15) is 0 Å². The molecule has 196 valence electrons. The Bertz CT molecular complexity index is 1310. The van der Waals surface area contributed by atoms with E-state index in [0.29, 0.717) is 18.1 Å². The maximum absolute atomic E-state index is 10.8. The third-order valence-electron chi connectivity index (χ3n) is 6.23. The summed E-state index contributed by atoms with van der Waals surface area (Å²) in [5.41, 5.74) is 6.29. The van der Waals surface area contributed by atoms with Gasteiger partial charge in [-0.1, -0.05) is 53.8 Å². The molecule has 3 aromatic rings. The summed E-state index contributed by atoms with van der Waals surface area (Å²) in [5.74, 6) is 6.77. The van der Waals surface area contributed by atoms with Gasteiger partial charge in [0.25, 0.3) is 0 Å². The Balaban J connectivity index is 1.46. The number of aryl methyl sites for hydroxylation is 2. The second-order valence-electron chi connectivity index (χ2n) is 9.17. The number of hydrogen-bond donors (Lipinski definition) is 1. The van der Waals surface area contributed by atoms with Crippen molar-refractivity contribution >= 4 is 11.5 Å². The molecule has 4 rings (SSSR count). The lowest BCUT2D eigenvalue weighted by Gasteiger charge is -2.24. The third-order valence-corrected chi connectivity index (χ3v) is 6.23. The Kier molecular flexibility index (Phi) is 9.58. The molecule has 38 heavy (non-hydrogen) atoms. The molecule has 0 atom stereocenters. The molecule has 0 saturated carbocycles. The van der Waals surface area contributed by atoms with Crippen molar-refractivity contribution in [3.63, 3.8) is 0 Å². The number of carboxylic acids is 1. The SMILES string of the molecule is Cc1ccc(/C(=C/COc2ccc(OCC(=O)O)c(C)c2)c2ccc(C#CCN3CCOCC3)cc2)cc1. The highest BCUT2D eigenvalue weighted by atomic mass is 16.5. The molecule has 0 radical (unpaired) electrons. The van der Waals surface area contributed by atoms with E-state index in [0.717, 1.165) is 60.7 Å². The molecule has 0 aliphatic carbocycles. The van der Waals surface area contributed by atoms with E-state index in [2.05, 4.69) is 78.3 Å².